The molecular formula is C12H16N2O3S2. The van der Waals surface area contributed by atoms with Gasteiger partial charge in [0.05, 0.1) is 5.69 Å². The second-order valence-electron chi connectivity index (χ2n) is 4.15. The zero-order valence-corrected chi connectivity index (χ0v) is 12.5. The van der Waals surface area contributed by atoms with Crippen LogP contribution in [0.5, 0.6) is 0 Å². The van der Waals surface area contributed by atoms with Gasteiger partial charge in [-0.15, -0.1) is 11.3 Å². The summed E-state index contributed by atoms with van der Waals surface area (Å²) >= 11 is 1.31. The molecule has 7 heteroatoms. The van der Waals surface area contributed by atoms with Gasteiger partial charge in [0.2, 0.25) is 10.0 Å². The Labute approximate surface area is 116 Å². The van der Waals surface area contributed by atoms with Crippen LogP contribution >= 0.6 is 11.3 Å². The van der Waals surface area contributed by atoms with Gasteiger partial charge in [0.1, 0.15) is 9.97 Å². The quantitative estimate of drug-likeness (QED) is 0.887. The molecule has 0 unspecified atom stereocenters. The van der Waals surface area contributed by atoms with Gasteiger partial charge < -0.3 is 4.52 Å². The zero-order chi connectivity index (χ0) is 13.9. The van der Waals surface area contributed by atoms with Crippen LogP contribution in [0.3, 0.4) is 0 Å². The van der Waals surface area contributed by atoms with Crippen LogP contribution in [0, 0.1) is 6.92 Å². The third kappa shape index (κ3) is 3.65. The number of aryl methyl sites for hydroxylation is 2. The first-order valence-electron chi connectivity index (χ1n) is 6.02. The van der Waals surface area contributed by atoms with E-state index in [1.54, 1.807) is 19.1 Å². The maximum absolute atomic E-state index is 12.0. The lowest BCUT2D eigenvalue weighted by Gasteiger charge is -2.02. The number of nitrogens with zero attached hydrogens (tertiary/aromatic N) is 1. The molecular weight excluding hydrogens is 284 g/mol. The molecule has 0 fully saturated rings. The minimum absolute atomic E-state index is 0.313. The van der Waals surface area contributed by atoms with Gasteiger partial charge in [-0.3, -0.25) is 0 Å². The van der Waals surface area contributed by atoms with Gasteiger partial charge in [-0.1, -0.05) is 12.1 Å². The maximum Gasteiger partial charge on any atom is 0.250 e. The molecule has 2 rings (SSSR count). The van der Waals surface area contributed by atoms with E-state index in [0.29, 0.717) is 17.2 Å². The van der Waals surface area contributed by atoms with Crippen molar-refractivity contribution in [1.82, 2.24) is 9.88 Å². The van der Waals surface area contributed by atoms with E-state index in [4.69, 9.17) is 4.52 Å². The average molecular weight is 300 g/mol. The largest absolute Gasteiger partial charge is 0.361 e. The maximum atomic E-state index is 12.0. The Bertz CT molecular complexity index is 643. The predicted molar refractivity (Wildman–Crippen MR) is 73.8 cm³/mol. The molecule has 0 bridgehead atoms. The molecule has 0 saturated heterocycles. The third-order valence-corrected chi connectivity index (χ3v) is 5.78. The van der Waals surface area contributed by atoms with Gasteiger partial charge in [-0.2, -0.15) is 0 Å². The van der Waals surface area contributed by atoms with Crippen molar-refractivity contribution in [2.45, 2.75) is 30.9 Å². The van der Waals surface area contributed by atoms with Crippen LogP contribution in [0.15, 0.2) is 26.9 Å². The monoisotopic (exact) mass is 300 g/mol. The minimum Gasteiger partial charge on any atom is -0.361 e. The van der Waals surface area contributed by atoms with Gasteiger partial charge in [0.15, 0.2) is 0 Å². The third-order valence-electron chi connectivity index (χ3n) is 2.60. The molecule has 0 spiro atoms. The average Bonchev–Trinajstić information content (AvgIpc) is 2.98. The van der Waals surface area contributed by atoms with Crippen LogP contribution in [0.2, 0.25) is 0 Å². The summed E-state index contributed by atoms with van der Waals surface area (Å²) in [7, 11) is -3.40. The Hall–Kier alpha value is -1.18. The van der Waals surface area contributed by atoms with Gasteiger partial charge in [-0.05, 0) is 25.5 Å². The minimum atomic E-state index is -3.40. The molecule has 2 heterocycles. The van der Waals surface area contributed by atoms with Crippen LogP contribution in [0.4, 0.5) is 0 Å². The highest BCUT2D eigenvalue weighted by Gasteiger charge is 2.16. The van der Waals surface area contributed by atoms with Crippen molar-refractivity contribution in [3.8, 4) is 0 Å². The van der Waals surface area contributed by atoms with E-state index in [9.17, 15) is 8.42 Å². The number of hydrogen-bond donors (Lipinski definition) is 1. The van der Waals surface area contributed by atoms with Gasteiger partial charge in [0.25, 0.3) is 0 Å². The molecule has 104 valence electrons. The number of nitrogens with one attached hydrogen (secondary N) is 1. The molecule has 0 aliphatic rings. The van der Waals surface area contributed by atoms with Crippen LogP contribution in [-0.4, -0.2) is 20.1 Å². The highest BCUT2D eigenvalue weighted by molar-refractivity contribution is 7.91. The first kappa shape index (κ1) is 14.2. The predicted octanol–water partition coefficient (Wildman–Crippen LogP) is 2.13. The molecule has 0 aromatic carbocycles. The van der Waals surface area contributed by atoms with E-state index < -0.39 is 10.0 Å². The Morgan fingerprint density at radius 3 is 2.79 bits per heavy atom. The number of rotatable bonds is 6. The van der Waals surface area contributed by atoms with Crippen molar-refractivity contribution in [1.29, 1.82) is 0 Å². The Morgan fingerprint density at radius 2 is 2.21 bits per heavy atom. The van der Waals surface area contributed by atoms with Crippen molar-refractivity contribution in [3.05, 3.63) is 34.5 Å². The summed E-state index contributed by atoms with van der Waals surface area (Å²) in [5, 5.41) is 3.82. The smallest absolute Gasteiger partial charge is 0.250 e. The molecule has 2 aromatic heterocycles. The molecule has 0 amide bonds. The fraction of sp³-hybridized carbons (Fsp3) is 0.417. The Kier molecular flexibility index (Phi) is 4.38. The summed E-state index contributed by atoms with van der Waals surface area (Å²) in [6, 6.07) is 5.29. The van der Waals surface area contributed by atoms with E-state index in [0.717, 1.165) is 22.8 Å². The summed E-state index contributed by atoms with van der Waals surface area (Å²) in [5.74, 6) is 0.726. The molecule has 0 aliphatic heterocycles. The van der Waals surface area contributed by atoms with Gasteiger partial charge in [0, 0.05) is 23.9 Å². The number of thiophene rings is 1. The van der Waals surface area contributed by atoms with Crippen molar-refractivity contribution >= 4 is 21.4 Å². The lowest BCUT2D eigenvalue weighted by molar-refractivity contribution is 0.390. The van der Waals surface area contributed by atoms with Crippen molar-refractivity contribution in [2.75, 3.05) is 6.54 Å². The first-order valence-corrected chi connectivity index (χ1v) is 8.32. The van der Waals surface area contributed by atoms with E-state index in [1.165, 1.54) is 11.3 Å². The summed E-state index contributed by atoms with van der Waals surface area (Å²) in [6.45, 7) is 4.12. The van der Waals surface area contributed by atoms with Crippen LogP contribution in [0.1, 0.15) is 23.3 Å². The summed E-state index contributed by atoms with van der Waals surface area (Å²) in [4.78, 5) is 1.06. The van der Waals surface area contributed by atoms with Crippen molar-refractivity contribution in [2.24, 2.45) is 0 Å². The molecule has 19 heavy (non-hydrogen) atoms. The van der Waals surface area contributed by atoms with Crippen LogP contribution < -0.4 is 4.72 Å². The fourth-order valence-electron chi connectivity index (χ4n) is 1.61. The summed E-state index contributed by atoms with van der Waals surface area (Å²) in [6.07, 6.45) is 1.36. The summed E-state index contributed by atoms with van der Waals surface area (Å²) in [5.41, 5.74) is 0.751. The van der Waals surface area contributed by atoms with Gasteiger partial charge in [-0.25, -0.2) is 13.1 Å². The van der Waals surface area contributed by atoms with Gasteiger partial charge >= 0.3 is 0 Å². The lowest BCUT2D eigenvalue weighted by Crippen LogP contribution is -2.25. The Morgan fingerprint density at radius 1 is 1.42 bits per heavy atom. The normalized spacial score (nSPS) is 11.9. The molecule has 0 aliphatic carbocycles. The second-order valence-corrected chi connectivity index (χ2v) is 7.31. The molecule has 5 nitrogen and oxygen atoms in total. The fourth-order valence-corrected chi connectivity index (χ4v) is 3.98. The highest BCUT2D eigenvalue weighted by Crippen LogP contribution is 2.21. The highest BCUT2D eigenvalue weighted by atomic mass is 32.2. The molecule has 0 saturated carbocycles. The van der Waals surface area contributed by atoms with Crippen LogP contribution in [0.25, 0.3) is 0 Å². The van der Waals surface area contributed by atoms with Crippen LogP contribution in [-0.2, 0) is 22.9 Å². The zero-order valence-electron chi connectivity index (χ0n) is 10.8. The number of aromatic nitrogens is 1. The topological polar surface area (TPSA) is 72.2 Å². The molecule has 2 aromatic rings. The van der Waals surface area contributed by atoms with Crippen molar-refractivity contribution in [3.63, 3.8) is 0 Å². The standard InChI is InChI=1S/C12H16N2O3S2/c1-3-11-4-5-12(18-11)19(15,16)13-7-6-10-8-9(2)17-14-10/h4-5,8,13H,3,6-7H2,1-2H3. The van der Waals surface area contributed by atoms with E-state index >= 15 is 0 Å². The summed E-state index contributed by atoms with van der Waals surface area (Å²) < 4.78 is 31.9. The first-order chi connectivity index (χ1) is 9.01. The number of hydrogen-bond acceptors (Lipinski definition) is 5. The Balaban J connectivity index is 1.94. The van der Waals surface area contributed by atoms with E-state index in [2.05, 4.69) is 9.88 Å². The van der Waals surface area contributed by atoms with Crippen molar-refractivity contribution < 1.29 is 12.9 Å². The lowest BCUT2D eigenvalue weighted by atomic mass is 10.3. The number of sulfonamides is 1. The molecule has 0 atom stereocenters. The second kappa shape index (κ2) is 5.85. The molecule has 1 N–H and O–H groups in total. The van der Waals surface area contributed by atoms with E-state index in [-0.39, 0.29) is 0 Å². The SMILES string of the molecule is CCc1ccc(S(=O)(=O)NCCc2cc(C)on2)s1. The van der Waals surface area contributed by atoms with E-state index in [1.807, 2.05) is 13.0 Å². The molecule has 0 radical (unpaired) electrons.